The number of hydrogen-bond donors (Lipinski definition) is 1. The van der Waals surface area contributed by atoms with Crippen molar-refractivity contribution in [1.82, 2.24) is 0 Å². The average molecular weight is 529 g/mol. The molecule has 0 bridgehead atoms. The number of rotatable bonds is 11. The first kappa shape index (κ1) is 27.4. The van der Waals surface area contributed by atoms with Gasteiger partial charge in [-0.05, 0) is 54.8 Å². The van der Waals surface area contributed by atoms with Crippen LogP contribution in [0.25, 0.3) is 0 Å². The standard InChI is InChI=1S/C31H32N2O6/c1-4-5-6-14-36-26-13-10-21(16-28(26)35-3)30-24-12-11-23(17-27(24)39-31(33)25(30)18-32)38-29(34)19-37-22-9-7-8-20(2)15-22/h7-13,15-17,30H,4-6,14,19,33H2,1-3H3. The number of nitrogens with zero attached hydrogens (tertiary/aromatic N) is 1. The van der Waals surface area contributed by atoms with Crippen LogP contribution in [0.15, 0.2) is 72.1 Å². The number of nitrogens with two attached hydrogens (primary N) is 1. The van der Waals surface area contributed by atoms with Crippen molar-refractivity contribution in [3.8, 4) is 34.8 Å². The lowest BCUT2D eigenvalue weighted by Crippen LogP contribution is -2.22. The molecule has 0 aromatic heterocycles. The van der Waals surface area contributed by atoms with Gasteiger partial charge in [-0.1, -0.05) is 44.0 Å². The van der Waals surface area contributed by atoms with E-state index in [1.54, 1.807) is 31.4 Å². The summed E-state index contributed by atoms with van der Waals surface area (Å²) in [5.41, 5.74) is 8.94. The topological polar surface area (TPSA) is 113 Å². The van der Waals surface area contributed by atoms with Crippen LogP contribution in [0.3, 0.4) is 0 Å². The maximum absolute atomic E-state index is 12.4. The third-order valence-electron chi connectivity index (χ3n) is 6.29. The Morgan fingerprint density at radius 3 is 2.62 bits per heavy atom. The average Bonchev–Trinajstić information content (AvgIpc) is 2.93. The Morgan fingerprint density at radius 1 is 1.03 bits per heavy atom. The number of fused-ring (bicyclic) bond motifs is 1. The number of allylic oxidation sites excluding steroid dienone is 1. The first-order chi connectivity index (χ1) is 18.9. The van der Waals surface area contributed by atoms with Gasteiger partial charge in [0.1, 0.15) is 28.9 Å². The predicted octanol–water partition coefficient (Wildman–Crippen LogP) is 5.78. The summed E-state index contributed by atoms with van der Waals surface area (Å²) in [5, 5.41) is 9.90. The molecule has 1 heterocycles. The molecule has 0 amide bonds. The van der Waals surface area contributed by atoms with E-state index in [4.69, 9.17) is 29.4 Å². The van der Waals surface area contributed by atoms with Crippen molar-refractivity contribution >= 4 is 5.97 Å². The van der Waals surface area contributed by atoms with Crippen molar-refractivity contribution in [1.29, 1.82) is 5.26 Å². The summed E-state index contributed by atoms with van der Waals surface area (Å²) >= 11 is 0. The molecule has 3 aromatic rings. The Labute approximate surface area is 228 Å². The Kier molecular flexibility index (Phi) is 8.95. The van der Waals surface area contributed by atoms with Crippen LogP contribution >= 0.6 is 0 Å². The summed E-state index contributed by atoms with van der Waals surface area (Å²) < 4.78 is 28.3. The van der Waals surface area contributed by atoms with Crippen molar-refractivity contribution in [3.05, 3.63) is 88.8 Å². The SMILES string of the molecule is CCCCCOc1ccc(C2C(C#N)=C(N)Oc3cc(OC(=O)COc4cccc(C)c4)ccc32)cc1OC. The summed E-state index contributed by atoms with van der Waals surface area (Å²) in [6.07, 6.45) is 3.15. The van der Waals surface area contributed by atoms with Crippen molar-refractivity contribution < 1.29 is 28.5 Å². The molecule has 0 radical (unpaired) electrons. The van der Waals surface area contributed by atoms with E-state index in [0.29, 0.717) is 35.2 Å². The van der Waals surface area contributed by atoms with Gasteiger partial charge in [-0.2, -0.15) is 5.26 Å². The molecule has 4 rings (SSSR count). The van der Waals surface area contributed by atoms with Gasteiger partial charge in [0.05, 0.1) is 19.6 Å². The van der Waals surface area contributed by atoms with E-state index in [0.717, 1.165) is 30.4 Å². The molecule has 202 valence electrons. The molecule has 1 unspecified atom stereocenters. The van der Waals surface area contributed by atoms with E-state index < -0.39 is 11.9 Å². The van der Waals surface area contributed by atoms with Gasteiger partial charge < -0.3 is 29.4 Å². The number of carbonyl (C=O) groups excluding carboxylic acids is 1. The molecule has 39 heavy (non-hydrogen) atoms. The third kappa shape index (κ3) is 6.63. The Hall–Kier alpha value is -4.64. The van der Waals surface area contributed by atoms with Crippen LogP contribution in [0.2, 0.25) is 0 Å². The van der Waals surface area contributed by atoms with Crippen molar-refractivity contribution in [2.45, 2.75) is 39.0 Å². The Morgan fingerprint density at radius 2 is 1.87 bits per heavy atom. The van der Waals surface area contributed by atoms with Gasteiger partial charge >= 0.3 is 5.97 Å². The number of ether oxygens (including phenoxy) is 5. The minimum absolute atomic E-state index is 0.0138. The number of hydrogen-bond acceptors (Lipinski definition) is 8. The minimum atomic E-state index is -0.565. The van der Waals surface area contributed by atoms with Gasteiger partial charge in [0, 0.05) is 11.6 Å². The molecule has 1 aliphatic heterocycles. The third-order valence-corrected chi connectivity index (χ3v) is 6.29. The smallest absolute Gasteiger partial charge is 0.349 e. The maximum Gasteiger partial charge on any atom is 0.349 e. The van der Waals surface area contributed by atoms with Crippen molar-refractivity contribution in [3.63, 3.8) is 0 Å². The van der Waals surface area contributed by atoms with E-state index in [-0.39, 0.29) is 23.8 Å². The second-order valence-electron chi connectivity index (χ2n) is 9.17. The van der Waals surface area contributed by atoms with Crippen molar-refractivity contribution in [2.24, 2.45) is 5.73 Å². The first-order valence-electron chi connectivity index (χ1n) is 12.9. The molecule has 2 N–H and O–H groups in total. The molecule has 0 fully saturated rings. The molecule has 8 nitrogen and oxygen atoms in total. The molecular formula is C31H32N2O6. The highest BCUT2D eigenvalue weighted by Gasteiger charge is 2.31. The summed E-state index contributed by atoms with van der Waals surface area (Å²) in [6.45, 7) is 4.42. The lowest BCUT2D eigenvalue weighted by Gasteiger charge is -2.27. The number of nitriles is 1. The first-order valence-corrected chi connectivity index (χ1v) is 12.9. The Bertz CT molecular complexity index is 1410. The molecule has 0 saturated heterocycles. The predicted molar refractivity (Wildman–Crippen MR) is 146 cm³/mol. The van der Waals surface area contributed by atoms with Gasteiger partial charge in [-0.25, -0.2) is 4.79 Å². The van der Waals surface area contributed by atoms with Crippen LogP contribution in [0, 0.1) is 18.3 Å². The molecule has 0 spiro atoms. The Balaban J connectivity index is 1.54. The monoisotopic (exact) mass is 528 g/mol. The van der Waals surface area contributed by atoms with Gasteiger partial charge in [-0.15, -0.1) is 0 Å². The fraction of sp³-hybridized carbons (Fsp3) is 0.290. The van der Waals surface area contributed by atoms with E-state index >= 15 is 0 Å². The van der Waals surface area contributed by atoms with Crippen LogP contribution in [0.1, 0.15) is 48.8 Å². The van der Waals surface area contributed by atoms with E-state index in [2.05, 4.69) is 13.0 Å². The summed E-state index contributed by atoms with van der Waals surface area (Å²) in [5.74, 6) is 1.36. The van der Waals surface area contributed by atoms with Gasteiger partial charge in [-0.3, -0.25) is 0 Å². The zero-order valence-corrected chi connectivity index (χ0v) is 22.4. The van der Waals surface area contributed by atoms with Crippen LogP contribution in [-0.4, -0.2) is 26.3 Å². The highest BCUT2D eigenvalue weighted by molar-refractivity contribution is 5.74. The zero-order valence-electron chi connectivity index (χ0n) is 22.4. The number of esters is 1. The maximum atomic E-state index is 12.4. The van der Waals surface area contributed by atoms with Gasteiger partial charge in [0.2, 0.25) is 5.88 Å². The lowest BCUT2D eigenvalue weighted by molar-refractivity contribution is -0.136. The van der Waals surface area contributed by atoms with Crippen LogP contribution < -0.4 is 29.4 Å². The number of methoxy groups -OCH3 is 1. The van der Waals surface area contributed by atoms with E-state index in [9.17, 15) is 10.1 Å². The van der Waals surface area contributed by atoms with Crippen LogP contribution in [0.4, 0.5) is 0 Å². The van der Waals surface area contributed by atoms with Crippen molar-refractivity contribution in [2.75, 3.05) is 20.3 Å². The molecule has 0 saturated carbocycles. The fourth-order valence-electron chi connectivity index (χ4n) is 4.37. The molecule has 0 aliphatic carbocycles. The number of aryl methyl sites for hydroxylation is 1. The van der Waals surface area contributed by atoms with Gasteiger partial charge in [0.25, 0.3) is 0 Å². The number of benzene rings is 3. The highest BCUT2D eigenvalue weighted by atomic mass is 16.6. The van der Waals surface area contributed by atoms with Crippen LogP contribution in [-0.2, 0) is 4.79 Å². The second-order valence-corrected chi connectivity index (χ2v) is 9.17. The second kappa shape index (κ2) is 12.7. The zero-order chi connectivity index (χ0) is 27.8. The number of carbonyl (C=O) groups is 1. The lowest BCUT2D eigenvalue weighted by atomic mass is 9.83. The molecule has 1 aliphatic rings. The summed E-state index contributed by atoms with van der Waals surface area (Å²) in [4.78, 5) is 12.4. The van der Waals surface area contributed by atoms with E-state index in [1.807, 2.05) is 43.3 Å². The highest BCUT2D eigenvalue weighted by Crippen LogP contribution is 2.45. The quantitative estimate of drug-likeness (QED) is 0.189. The normalized spacial score (nSPS) is 14.1. The molecule has 3 aromatic carbocycles. The van der Waals surface area contributed by atoms with E-state index in [1.165, 1.54) is 0 Å². The molecule has 1 atom stereocenters. The summed E-state index contributed by atoms with van der Waals surface area (Å²) in [6, 6.07) is 20.1. The van der Waals surface area contributed by atoms with Crippen LogP contribution in [0.5, 0.6) is 28.7 Å². The summed E-state index contributed by atoms with van der Waals surface area (Å²) in [7, 11) is 1.58. The molecular weight excluding hydrogens is 496 g/mol. The molecule has 8 heteroatoms. The minimum Gasteiger partial charge on any atom is -0.493 e. The largest absolute Gasteiger partial charge is 0.493 e. The number of unbranched alkanes of at least 4 members (excludes halogenated alkanes) is 2. The van der Waals surface area contributed by atoms with Gasteiger partial charge in [0.15, 0.2) is 18.1 Å². The fourth-order valence-corrected chi connectivity index (χ4v) is 4.37.